The van der Waals surface area contributed by atoms with Crippen LogP contribution in [0.1, 0.15) is 0 Å². The van der Waals surface area contributed by atoms with E-state index in [2.05, 4.69) is 113 Å². The monoisotopic (exact) mass is 563 g/mol. The molecule has 1 aliphatic heterocycles. The van der Waals surface area contributed by atoms with Gasteiger partial charge in [0.25, 0.3) is 0 Å². The maximum Gasteiger partial charge on any atom is 0.145 e. The van der Waals surface area contributed by atoms with Crippen molar-refractivity contribution >= 4 is 39.1 Å². The van der Waals surface area contributed by atoms with E-state index in [0.29, 0.717) is 0 Å². The summed E-state index contributed by atoms with van der Waals surface area (Å²) in [5, 5.41) is 0. The van der Waals surface area contributed by atoms with Gasteiger partial charge in [-0.1, -0.05) is 103 Å². The third-order valence-electron chi connectivity index (χ3n) is 8.29. The van der Waals surface area contributed by atoms with Crippen LogP contribution in [0.15, 0.2) is 152 Å². The molecule has 6 aromatic carbocycles. The minimum absolute atomic E-state index is 0.851. The van der Waals surface area contributed by atoms with E-state index in [9.17, 15) is 0 Å². The summed E-state index contributed by atoms with van der Waals surface area (Å²) in [5.74, 6) is 0.922. The van der Waals surface area contributed by atoms with Crippen LogP contribution in [0, 0.1) is 0 Å². The standard InChI is InChI=1S/C39H25N5/c1-4-13-26(14-5-1)36-37(41-31-20-11-10-19-30(31)40-36)28-23-24-33-35(25-28)43(29-17-8-3-9-18-29)34-22-12-21-32-38(34)44(33)39(42-32)27-15-6-2-7-16-27/h1-25H. The number of anilines is 3. The first-order chi connectivity index (χ1) is 21.8. The molecular formula is C39H25N5. The van der Waals surface area contributed by atoms with Gasteiger partial charge in [0.1, 0.15) is 5.82 Å². The van der Waals surface area contributed by atoms with Crippen molar-refractivity contribution in [2.75, 3.05) is 4.90 Å². The fourth-order valence-electron chi connectivity index (χ4n) is 6.33. The van der Waals surface area contributed by atoms with Crippen molar-refractivity contribution in [3.05, 3.63) is 152 Å². The van der Waals surface area contributed by atoms with Crippen LogP contribution < -0.4 is 4.90 Å². The van der Waals surface area contributed by atoms with Crippen molar-refractivity contribution in [2.45, 2.75) is 0 Å². The smallest absolute Gasteiger partial charge is 0.145 e. The number of hydrogen-bond acceptors (Lipinski definition) is 4. The lowest BCUT2D eigenvalue weighted by Gasteiger charge is -2.33. The lowest BCUT2D eigenvalue weighted by Crippen LogP contribution is -2.18. The van der Waals surface area contributed by atoms with Crippen molar-refractivity contribution in [1.82, 2.24) is 19.5 Å². The Morgan fingerprint density at radius 2 is 0.977 bits per heavy atom. The Balaban J connectivity index is 1.35. The highest BCUT2D eigenvalue weighted by Crippen LogP contribution is 2.49. The first kappa shape index (κ1) is 24.5. The fourth-order valence-corrected chi connectivity index (χ4v) is 6.33. The minimum atomic E-state index is 0.851. The fraction of sp³-hybridized carbons (Fsp3) is 0. The van der Waals surface area contributed by atoms with Gasteiger partial charge >= 0.3 is 0 Å². The second kappa shape index (κ2) is 9.75. The molecule has 0 aliphatic carbocycles. The Labute approximate surface area is 254 Å². The molecule has 5 nitrogen and oxygen atoms in total. The Bertz CT molecular complexity index is 2330. The molecule has 0 spiro atoms. The number of rotatable bonds is 4. The summed E-state index contributed by atoms with van der Waals surface area (Å²) in [6, 6.07) is 52.4. The van der Waals surface area contributed by atoms with Crippen LogP contribution in [0.3, 0.4) is 0 Å². The molecule has 0 saturated carbocycles. The van der Waals surface area contributed by atoms with Gasteiger partial charge in [0, 0.05) is 22.4 Å². The number of para-hydroxylation sites is 4. The second-order valence-corrected chi connectivity index (χ2v) is 10.9. The van der Waals surface area contributed by atoms with Crippen LogP contribution in [0.5, 0.6) is 0 Å². The predicted octanol–water partition coefficient (Wildman–Crippen LogP) is 9.75. The summed E-state index contributed by atoms with van der Waals surface area (Å²) < 4.78 is 2.31. The molecule has 44 heavy (non-hydrogen) atoms. The zero-order chi connectivity index (χ0) is 29.0. The third-order valence-corrected chi connectivity index (χ3v) is 8.29. The van der Waals surface area contributed by atoms with Crippen molar-refractivity contribution in [1.29, 1.82) is 0 Å². The molecule has 3 heterocycles. The highest BCUT2D eigenvalue weighted by atomic mass is 15.2. The first-order valence-electron chi connectivity index (χ1n) is 14.7. The number of hydrogen-bond donors (Lipinski definition) is 0. The summed E-state index contributed by atoms with van der Waals surface area (Å²) in [7, 11) is 0. The van der Waals surface area contributed by atoms with E-state index in [4.69, 9.17) is 15.0 Å². The van der Waals surface area contributed by atoms with Crippen molar-refractivity contribution < 1.29 is 0 Å². The molecule has 0 atom stereocenters. The van der Waals surface area contributed by atoms with E-state index in [1.807, 2.05) is 48.5 Å². The highest BCUT2D eigenvalue weighted by Gasteiger charge is 2.30. The quantitative estimate of drug-likeness (QED) is 0.214. The summed E-state index contributed by atoms with van der Waals surface area (Å²) in [4.78, 5) is 17.8. The molecule has 9 rings (SSSR count). The van der Waals surface area contributed by atoms with Crippen LogP contribution in [0.25, 0.3) is 61.7 Å². The van der Waals surface area contributed by atoms with Crippen molar-refractivity contribution in [2.24, 2.45) is 0 Å². The van der Waals surface area contributed by atoms with Gasteiger partial charge in [0.2, 0.25) is 0 Å². The Morgan fingerprint density at radius 3 is 1.68 bits per heavy atom. The van der Waals surface area contributed by atoms with Crippen LogP contribution in [0.4, 0.5) is 17.1 Å². The first-order valence-corrected chi connectivity index (χ1v) is 14.7. The molecule has 0 saturated heterocycles. The molecule has 0 N–H and O–H groups in total. The van der Waals surface area contributed by atoms with E-state index in [0.717, 1.165) is 78.7 Å². The molecule has 206 valence electrons. The number of benzene rings is 6. The number of aromatic nitrogens is 4. The largest absolute Gasteiger partial charge is 0.306 e. The Kier molecular flexibility index (Phi) is 5.43. The van der Waals surface area contributed by atoms with Gasteiger partial charge in [-0.3, -0.25) is 4.57 Å². The van der Waals surface area contributed by atoms with E-state index in [1.54, 1.807) is 0 Å². The zero-order valence-electron chi connectivity index (χ0n) is 23.7. The minimum Gasteiger partial charge on any atom is -0.306 e. The summed E-state index contributed by atoms with van der Waals surface area (Å²) >= 11 is 0. The lowest BCUT2D eigenvalue weighted by atomic mass is 10.0. The van der Waals surface area contributed by atoms with E-state index < -0.39 is 0 Å². The molecule has 2 aromatic heterocycles. The number of fused-ring (bicyclic) bond motifs is 3. The molecule has 5 heteroatoms. The topological polar surface area (TPSA) is 46.8 Å². The predicted molar refractivity (Wildman–Crippen MR) is 179 cm³/mol. The third kappa shape index (κ3) is 3.76. The summed E-state index contributed by atoms with van der Waals surface area (Å²) in [6.07, 6.45) is 0. The van der Waals surface area contributed by atoms with Crippen LogP contribution in [-0.4, -0.2) is 19.5 Å². The average molecular weight is 564 g/mol. The molecule has 0 radical (unpaired) electrons. The highest BCUT2D eigenvalue weighted by molar-refractivity contribution is 6.04. The van der Waals surface area contributed by atoms with Crippen LogP contribution in [0.2, 0.25) is 0 Å². The number of nitrogens with zero attached hydrogens (tertiary/aromatic N) is 5. The summed E-state index contributed by atoms with van der Waals surface area (Å²) in [6.45, 7) is 0. The average Bonchev–Trinajstić information content (AvgIpc) is 3.50. The molecule has 0 amide bonds. The second-order valence-electron chi connectivity index (χ2n) is 10.9. The van der Waals surface area contributed by atoms with E-state index in [-0.39, 0.29) is 0 Å². The maximum atomic E-state index is 5.21. The van der Waals surface area contributed by atoms with Crippen LogP contribution >= 0.6 is 0 Å². The molecule has 0 bridgehead atoms. The Hall–Kier alpha value is -6.07. The maximum absolute atomic E-state index is 5.21. The summed E-state index contributed by atoms with van der Waals surface area (Å²) in [5.41, 5.74) is 12.9. The van der Waals surface area contributed by atoms with E-state index in [1.165, 1.54) is 0 Å². The van der Waals surface area contributed by atoms with Crippen LogP contribution in [-0.2, 0) is 0 Å². The molecular weight excluding hydrogens is 538 g/mol. The van der Waals surface area contributed by atoms with Gasteiger partial charge in [-0.25, -0.2) is 15.0 Å². The van der Waals surface area contributed by atoms with Crippen molar-refractivity contribution in [3.8, 4) is 39.6 Å². The molecule has 0 unspecified atom stereocenters. The lowest BCUT2D eigenvalue weighted by molar-refractivity contribution is 1.06. The number of imidazole rings is 1. The molecule has 8 aromatic rings. The normalized spacial score (nSPS) is 12.0. The van der Waals surface area contributed by atoms with Crippen molar-refractivity contribution in [3.63, 3.8) is 0 Å². The van der Waals surface area contributed by atoms with Gasteiger partial charge in [0.05, 0.1) is 50.5 Å². The van der Waals surface area contributed by atoms with Gasteiger partial charge < -0.3 is 4.90 Å². The van der Waals surface area contributed by atoms with Gasteiger partial charge in [-0.15, -0.1) is 0 Å². The SMILES string of the molecule is c1ccc(-c2nc3ccccc3nc2-c2ccc3c(c2)N(c2ccccc2)c2cccc4nc(-c5ccccc5)n-3c24)cc1. The zero-order valence-corrected chi connectivity index (χ0v) is 23.7. The van der Waals surface area contributed by atoms with Gasteiger partial charge in [-0.2, -0.15) is 0 Å². The molecule has 1 aliphatic rings. The van der Waals surface area contributed by atoms with Gasteiger partial charge in [0.15, 0.2) is 0 Å². The molecule has 0 fully saturated rings. The Morgan fingerprint density at radius 1 is 0.386 bits per heavy atom. The van der Waals surface area contributed by atoms with E-state index >= 15 is 0 Å². The van der Waals surface area contributed by atoms with Gasteiger partial charge in [-0.05, 0) is 48.5 Å².